The van der Waals surface area contributed by atoms with E-state index < -0.39 is 65.1 Å². The SMILES string of the molecule is FC(F)(F)C(F)(F)C(F)(F)C(F)(F)C(F)(F)C(F)(F)C(F)(F)C(F)(F)CCSc1ccnc(Cl)n1. The number of rotatable bonds is 10. The highest BCUT2D eigenvalue weighted by molar-refractivity contribution is 7.99. The summed E-state index contributed by atoms with van der Waals surface area (Å²) in [7, 11) is 0. The van der Waals surface area contributed by atoms with E-state index in [2.05, 4.69) is 9.97 Å². The van der Waals surface area contributed by atoms with Crippen molar-refractivity contribution in [3.63, 3.8) is 0 Å². The van der Waals surface area contributed by atoms with E-state index in [0.717, 1.165) is 12.3 Å². The van der Waals surface area contributed by atoms with Crippen LogP contribution < -0.4 is 0 Å². The quantitative estimate of drug-likeness (QED) is 0.121. The molecule has 1 rings (SSSR count). The van der Waals surface area contributed by atoms with Crippen molar-refractivity contribution in [2.75, 3.05) is 5.75 Å². The van der Waals surface area contributed by atoms with Crippen molar-refractivity contribution in [3.8, 4) is 0 Å². The topological polar surface area (TPSA) is 25.8 Å². The van der Waals surface area contributed by atoms with E-state index in [1.807, 2.05) is 0 Å². The van der Waals surface area contributed by atoms with E-state index in [1.165, 1.54) is 0 Å². The van der Waals surface area contributed by atoms with E-state index in [0.29, 0.717) is 0 Å². The minimum atomic E-state index is -8.63. The molecule has 0 bridgehead atoms. The maximum Gasteiger partial charge on any atom is 0.460 e. The molecule has 0 aliphatic rings. The van der Waals surface area contributed by atoms with Gasteiger partial charge in [-0.15, -0.1) is 11.8 Å². The van der Waals surface area contributed by atoms with E-state index in [9.17, 15) is 74.6 Å². The van der Waals surface area contributed by atoms with Crippen LogP contribution in [0.5, 0.6) is 0 Å². The zero-order chi connectivity index (χ0) is 28.1. The van der Waals surface area contributed by atoms with E-state index in [4.69, 9.17) is 11.6 Å². The van der Waals surface area contributed by atoms with Gasteiger partial charge in [-0.2, -0.15) is 74.6 Å². The van der Waals surface area contributed by atoms with Gasteiger partial charge in [-0.1, -0.05) is 0 Å². The molecule has 0 saturated heterocycles. The molecule has 0 aliphatic heterocycles. The smallest absolute Gasteiger partial charge is 0.226 e. The Bertz CT molecular complexity index is 901. The molecule has 0 N–H and O–H groups in total. The minimum Gasteiger partial charge on any atom is -0.226 e. The predicted octanol–water partition coefficient (Wildman–Crippen LogP) is 7.62. The average Bonchev–Trinajstić information content (AvgIpc) is 2.66. The van der Waals surface area contributed by atoms with Crippen LogP contribution in [-0.4, -0.2) is 63.4 Å². The molecular formula is C14H6ClF17N2S. The van der Waals surface area contributed by atoms with Crippen LogP contribution in [0, 0.1) is 0 Å². The highest BCUT2D eigenvalue weighted by atomic mass is 35.5. The van der Waals surface area contributed by atoms with E-state index >= 15 is 0 Å². The van der Waals surface area contributed by atoms with Crippen LogP contribution in [0.25, 0.3) is 0 Å². The lowest BCUT2D eigenvalue weighted by atomic mass is 9.88. The second kappa shape index (κ2) is 9.13. The third kappa shape index (κ3) is 4.92. The monoisotopic (exact) mass is 592 g/mol. The number of hydrogen-bond donors (Lipinski definition) is 0. The third-order valence-electron chi connectivity index (χ3n) is 4.05. The fourth-order valence-corrected chi connectivity index (χ4v) is 3.11. The number of aromatic nitrogens is 2. The Morgan fingerprint density at radius 3 is 1.43 bits per heavy atom. The molecule has 0 spiro atoms. The van der Waals surface area contributed by atoms with Gasteiger partial charge in [0.2, 0.25) is 5.28 Å². The molecule has 2 nitrogen and oxygen atoms in total. The summed E-state index contributed by atoms with van der Waals surface area (Å²) >= 11 is 5.33. The van der Waals surface area contributed by atoms with Crippen molar-refractivity contribution in [1.29, 1.82) is 0 Å². The average molecular weight is 593 g/mol. The summed E-state index contributed by atoms with van der Waals surface area (Å²) in [6.07, 6.45) is -9.45. The number of alkyl halides is 17. The summed E-state index contributed by atoms with van der Waals surface area (Å²) in [5.74, 6) is -57.7. The molecule has 21 heteroatoms. The van der Waals surface area contributed by atoms with Gasteiger partial charge >= 0.3 is 47.6 Å². The summed E-state index contributed by atoms with van der Waals surface area (Å²) in [6.45, 7) is 0. The predicted molar refractivity (Wildman–Crippen MR) is 83.1 cm³/mol. The maximum absolute atomic E-state index is 13.7. The summed E-state index contributed by atoms with van der Waals surface area (Å²) in [5, 5.41) is -0.904. The first-order valence-corrected chi connectivity index (χ1v) is 9.41. The lowest BCUT2D eigenvalue weighted by Gasteiger charge is -2.42. The lowest BCUT2D eigenvalue weighted by Crippen LogP contribution is -2.74. The molecule has 0 atom stereocenters. The van der Waals surface area contributed by atoms with Gasteiger partial charge in [-0.25, -0.2) is 9.97 Å². The molecule has 0 amide bonds. The van der Waals surface area contributed by atoms with Gasteiger partial charge in [0.1, 0.15) is 5.03 Å². The van der Waals surface area contributed by atoms with Gasteiger partial charge in [0.15, 0.2) is 0 Å². The molecule has 0 radical (unpaired) electrons. The van der Waals surface area contributed by atoms with Gasteiger partial charge in [0.25, 0.3) is 0 Å². The van der Waals surface area contributed by atoms with Crippen molar-refractivity contribution >= 4 is 23.4 Å². The molecule has 0 saturated carbocycles. The van der Waals surface area contributed by atoms with Crippen molar-refractivity contribution in [3.05, 3.63) is 17.5 Å². The molecule has 0 fully saturated rings. The highest BCUT2D eigenvalue weighted by Crippen LogP contribution is 2.64. The summed E-state index contributed by atoms with van der Waals surface area (Å²) < 4.78 is 223. The second-order valence-electron chi connectivity index (χ2n) is 6.41. The molecule has 1 aromatic rings. The first-order chi connectivity index (χ1) is 15.2. The van der Waals surface area contributed by atoms with Crippen LogP contribution in [0.2, 0.25) is 5.28 Å². The normalized spacial score (nSPS) is 15.5. The Balaban J connectivity index is 3.35. The molecule has 1 heterocycles. The molecular weight excluding hydrogens is 587 g/mol. The van der Waals surface area contributed by atoms with Gasteiger partial charge in [0, 0.05) is 18.4 Å². The van der Waals surface area contributed by atoms with Crippen molar-refractivity contribution in [2.24, 2.45) is 0 Å². The molecule has 0 aliphatic carbocycles. The fourth-order valence-electron chi connectivity index (χ4n) is 2.04. The number of halogens is 18. The van der Waals surface area contributed by atoms with Crippen LogP contribution in [0.15, 0.2) is 17.3 Å². The largest absolute Gasteiger partial charge is 0.460 e. The van der Waals surface area contributed by atoms with Crippen LogP contribution in [0.4, 0.5) is 74.6 Å². The molecule has 1 aromatic heterocycles. The molecule has 0 unspecified atom stereocenters. The molecule has 0 aromatic carbocycles. The summed E-state index contributed by atoms with van der Waals surface area (Å²) in [5.41, 5.74) is 0. The van der Waals surface area contributed by atoms with Gasteiger partial charge in [0.05, 0.1) is 0 Å². The van der Waals surface area contributed by atoms with Crippen molar-refractivity contribution < 1.29 is 74.6 Å². The third-order valence-corrected chi connectivity index (χ3v) is 5.17. The Labute approximate surface area is 191 Å². The zero-order valence-corrected chi connectivity index (χ0v) is 17.2. The van der Waals surface area contributed by atoms with E-state index in [-0.39, 0.29) is 16.8 Å². The molecule has 204 valence electrons. The Kier molecular flexibility index (Phi) is 8.23. The summed E-state index contributed by atoms with van der Waals surface area (Å²) in [6, 6.07) is 0.902. The van der Waals surface area contributed by atoms with Gasteiger partial charge in [-0.3, -0.25) is 0 Å². The second-order valence-corrected chi connectivity index (χ2v) is 7.86. The van der Waals surface area contributed by atoms with E-state index in [1.54, 1.807) is 0 Å². The summed E-state index contributed by atoms with van der Waals surface area (Å²) in [4.78, 5) is 6.62. The van der Waals surface area contributed by atoms with Crippen LogP contribution in [-0.2, 0) is 0 Å². The van der Waals surface area contributed by atoms with Crippen LogP contribution in [0.1, 0.15) is 6.42 Å². The number of thioether (sulfide) groups is 1. The Morgan fingerprint density at radius 1 is 0.629 bits per heavy atom. The standard InChI is InChI=1S/C14H6ClF17N2S/c15-6-33-3-1-5(34-6)35-4-2-7(16,17)8(18,19)9(20,21)10(22,23)11(24,25)12(26,27)13(28,29)14(30,31)32/h1,3H,2,4H2. The van der Waals surface area contributed by atoms with Gasteiger partial charge in [-0.05, 0) is 17.7 Å². The van der Waals surface area contributed by atoms with Crippen molar-refractivity contribution in [1.82, 2.24) is 9.97 Å². The fraction of sp³-hybridized carbons (Fsp3) is 0.714. The number of nitrogens with zero attached hydrogens (tertiary/aromatic N) is 2. The van der Waals surface area contributed by atoms with Crippen LogP contribution >= 0.6 is 23.4 Å². The molecule has 35 heavy (non-hydrogen) atoms. The van der Waals surface area contributed by atoms with Crippen molar-refractivity contribution in [2.45, 2.75) is 59.1 Å². The zero-order valence-electron chi connectivity index (χ0n) is 15.7. The lowest BCUT2D eigenvalue weighted by molar-refractivity contribution is -0.461. The maximum atomic E-state index is 13.7. The first kappa shape index (κ1) is 31.6. The number of hydrogen-bond acceptors (Lipinski definition) is 3. The van der Waals surface area contributed by atoms with Gasteiger partial charge < -0.3 is 0 Å². The minimum absolute atomic E-state index is 0.0380. The van der Waals surface area contributed by atoms with Crippen LogP contribution in [0.3, 0.4) is 0 Å². The Morgan fingerprint density at radius 2 is 1.03 bits per heavy atom. The first-order valence-electron chi connectivity index (χ1n) is 8.05. The highest BCUT2D eigenvalue weighted by Gasteiger charge is 2.95. The Hall–Kier alpha value is -1.47.